The van der Waals surface area contributed by atoms with Gasteiger partial charge in [0, 0.05) is 36.7 Å². The molecule has 1 unspecified atom stereocenters. The molecule has 2 aliphatic heterocycles. The summed E-state index contributed by atoms with van der Waals surface area (Å²) >= 11 is 0. The third-order valence-electron chi connectivity index (χ3n) is 6.24. The van der Waals surface area contributed by atoms with Crippen LogP contribution in [0.4, 0.5) is 10.1 Å². The van der Waals surface area contributed by atoms with Crippen LogP contribution in [-0.2, 0) is 15.0 Å². The number of fused-ring (bicyclic) bond motifs is 1. The lowest BCUT2D eigenvalue weighted by atomic mass is 9.95. The van der Waals surface area contributed by atoms with Crippen LogP contribution in [0.5, 0.6) is 11.5 Å². The second kappa shape index (κ2) is 7.31. The second-order valence-corrected chi connectivity index (χ2v) is 8.24. The second-order valence-electron chi connectivity index (χ2n) is 8.24. The molecule has 2 aromatic rings. The van der Waals surface area contributed by atoms with Crippen molar-refractivity contribution in [3.63, 3.8) is 0 Å². The summed E-state index contributed by atoms with van der Waals surface area (Å²) in [4.78, 5) is 27.0. The maximum atomic E-state index is 13.2. The van der Waals surface area contributed by atoms with Gasteiger partial charge in [-0.15, -0.1) is 0 Å². The molecule has 0 aromatic heterocycles. The average molecular weight is 410 g/mol. The van der Waals surface area contributed by atoms with Crippen LogP contribution in [0.25, 0.3) is 0 Å². The molecule has 5 rings (SSSR count). The van der Waals surface area contributed by atoms with Crippen LogP contribution in [0.2, 0.25) is 0 Å². The van der Waals surface area contributed by atoms with Crippen molar-refractivity contribution in [3.05, 3.63) is 53.8 Å². The van der Waals surface area contributed by atoms with Gasteiger partial charge in [-0.1, -0.05) is 12.1 Å². The molecule has 2 amide bonds. The number of hydrogen-bond donors (Lipinski definition) is 1. The highest BCUT2D eigenvalue weighted by molar-refractivity contribution is 6.00. The van der Waals surface area contributed by atoms with E-state index in [0.717, 1.165) is 18.4 Å². The number of nitrogens with zero attached hydrogens (tertiary/aromatic N) is 1. The molecule has 7 heteroatoms. The molecule has 6 nitrogen and oxygen atoms in total. The molecule has 0 spiro atoms. The fourth-order valence-electron chi connectivity index (χ4n) is 4.26. The Balaban J connectivity index is 1.22. The molecule has 3 aliphatic rings. The average Bonchev–Trinajstić information content (AvgIpc) is 3.46. The van der Waals surface area contributed by atoms with Crippen LogP contribution in [-0.4, -0.2) is 38.1 Å². The number of rotatable bonds is 5. The number of benzene rings is 2. The predicted octanol–water partition coefficient (Wildman–Crippen LogP) is 2.80. The van der Waals surface area contributed by atoms with E-state index in [-0.39, 0.29) is 29.5 Å². The highest BCUT2D eigenvalue weighted by Crippen LogP contribution is 2.47. The van der Waals surface area contributed by atoms with Crippen molar-refractivity contribution in [1.82, 2.24) is 5.32 Å². The molecular weight excluding hydrogens is 387 g/mol. The van der Waals surface area contributed by atoms with Gasteiger partial charge in [-0.05, 0) is 42.7 Å². The summed E-state index contributed by atoms with van der Waals surface area (Å²) in [6.07, 6.45) is 2.11. The molecule has 2 aromatic carbocycles. The monoisotopic (exact) mass is 410 g/mol. The van der Waals surface area contributed by atoms with Gasteiger partial charge >= 0.3 is 0 Å². The molecule has 1 N–H and O–H groups in total. The number of amides is 2. The van der Waals surface area contributed by atoms with E-state index >= 15 is 0 Å². The molecule has 0 bridgehead atoms. The Morgan fingerprint density at radius 1 is 1.10 bits per heavy atom. The first-order valence-corrected chi connectivity index (χ1v) is 10.3. The van der Waals surface area contributed by atoms with Crippen LogP contribution in [0.15, 0.2) is 42.5 Å². The Morgan fingerprint density at radius 3 is 2.57 bits per heavy atom. The summed E-state index contributed by atoms with van der Waals surface area (Å²) in [5.41, 5.74) is 1.65. The Bertz CT molecular complexity index is 987. The molecule has 1 saturated carbocycles. The topological polar surface area (TPSA) is 67.9 Å². The van der Waals surface area contributed by atoms with Crippen molar-refractivity contribution in [1.29, 1.82) is 0 Å². The van der Waals surface area contributed by atoms with Crippen LogP contribution < -0.4 is 19.7 Å². The van der Waals surface area contributed by atoms with E-state index in [1.165, 1.54) is 12.1 Å². The number of carbonyl (C=O) groups is 2. The van der Waals surface area contributed by atoms with Crippen molar-refractivity contribution in [2.24, 2.45) is 5.92 Å². The van der Waals surface area contributed by atoms with Crippen LogP contribution >= 0.6 is 0 Å². The lowest BCUT2D eigenvalue weighted by molar-refractivity contribution is -0.126. The number of halogens is 1. The fraction of sp³-hybridized carbons (Fsp3) is 0.391. The van der Waals surface area contributed by atoms with E-state index in [9.17, 15) is 14.0 Å². The molecule has 1 atom stereocenters. The van der Waals surface area contributed by atoms with Crippen molar-refractivity contribution >= 4 is 17.5 Å². The minimum absolute atomic E-state index is 0.0773. The van der Waals surface area contributed by atoms with Gasteiger partial charge in [-0.3, -0.25) is 9.59 Å². The van der Waals surface area contributed by atoms with Crippen LogP contribution in [0.1, 0.15) is 24.8 Å². The molecule has 2 fully saturated rings. The summed E-state index contributed by atoms with van der Waals surface area (Å²) in [6.45, 7) is 1.84. The number of ether oxygens (including phenoxy) is 2. The molecular formula is C23H23FN2O4. The summed E-state index contributed by atoms with van der Waals surface area (Å²) in [5.74, 6) is 0.441. The molecule has 2 heterocycles. The van der Waals surface area contributed by atoms with Gasteiger partial charge in [0.1, 0.15) is 19.0 Å². The van der Waals surface area contributed by atoms with Gasteiger partial charge in [0.15, 0.2) is 11.5 Å². The lowest BCUT2D eigenvalue weighted by Gasteiger charge is -2.22. The maximum absolute atomic E-state index is 13.2. The van der Waals surface area contributed by atoms with Crippen LogP contribution in [0, 0.1) is 11.7 Å². The van der Waals surface area contributed by atoms with Gasteiger partial charge in [-0.2, -0.15) is 0 Å². The molecule has 156 valence electrons. The zero-order valence-corrected chi connectivity index (χ0v) is 16.5. The predicted molar refractivity (Wildman–Crippen MR) is 108 cm³/mol. The standard InChI is InChI=1S/C23H23FN2O4/c24-17-3-1-16(2-4-17)23(7-8-23)14-25-22(28)15-11-21(27)26(13-15)18-5-6-19-20(12-18)30-10-9-29-19/h1-6,12,15H,7-11,13-14H2,(H,25,28). The van der Waals surface area contributed by atoms with Gasteiger partial charge in [0.05, 0.1) is 5.92 Å². The molecule has 0 radical (unpaired) electrons. The summed E-state index contributed by atoms with van der Waals surface area (Å²) in [7, 11) is 0. The fourth-order valence-corrected chi connectivity index (χ4v) is 4.26. The first kappa shape index (κ1) is 18.9. The quantitative estimate of drug-likeness (QED) is 0.823. The van der Waals surface area contributed by atoms with E-state index in [4.69, 9.17) is 9.47 Å². The van der Waals surface area contributed by atoms with E-state index in [1.807, 2.05) is 6.07 Å². The Kier molecular flexibility index (Phi) is 4.60. The first-order valence-electron chi connectivity index (χ1n) is 10.3. The zero-order valence-electron chi connectivity index (χ0n) is 16.5. The van der Waals surface area contributed by atoms with Gasteiger partial charge in [-0.25, -0.2) is 4.39 Å². The zero-order chi connectivity index (χ0) is 20.7. The minimum atomic E-state index is -0.394. The lowest BCUT2D eigenvalue weighted by Crippen LogP contribution is -2.37. The number of carbonyl (C=O) groups excluding carboxylic acids is 2. The summed E-state index contributed by atoms with van der Waals surface area (Å²) in [5, 5.41) is 3.03. The highest BCUT2D eigenvalue weighted by Gasteiger charge is 2.45. The summed E-state index contributed by atoms with van der Waals surface area (Å²) < 4.78 is 24.3. The molecule has 1 saturated heterocycles. The van der Waals surface area contributed by atoms with Gasteiger partial charge in [0.25, 0.3) is 0 Å². The smallest absolute Gasteiger partial charge is 0.227 e. The number of anilines is 1. The maximum Gasteiger partial charge on any atom is 0.227 e. The molecule has 30 heavy (non-hydrogen) atoms. The van der Waals surface area contributed by atoms with Crippen molar-refractivity contribution < 1.29 is 23.5 Å². The normalized spacial score (nSPS) is 21.4. The van der Waals surface area contributed by atoms with E-state index < -0.39 is 5.92 Å². The van der Waals surface area contributed by atoms with E-state index in [1.54, 1.807) is 29.2 Å². The van der Waals surface area contributed by atoms with E-state index in [2.05, 4.69) is 5.32 Å². The van der Waals surface area contributed by atoms with Crippen molar-refractivity contribution in [3.8, 4) is 11.5 Å². The van der Waals surface area contributed by atoms with Gasteiger partial charge < -0.3 is 19.7 Å². The Labute approximate surface area is 174 Å². The SMILES string of the molecule is O=C(NCC1(c2ccc(F)cc2)CC1)C1CC(=O)N(c2ccc3c(c2)OCCO3)C1. The van der Waals surface area contributed by atoms with Crippen LogP contribution in [0.3, 0.4) is 0 Å². The van der Waals surface area contributed by atoms with E-state index in [0.29, 0.717) is 43.5 Å². The Hall–Kier alpha value is -3.09. The third-order valence-corrected chi connectivity index (χ3v) is 6.24. The minimum Gasteiger partial charge on any atom is -0.486 e. The highest BCUT2D eigenvalue weighted by atomic mass is 19.1. The first-order chi connectivity index (χ1) is 14.5. The van der Waals surface area contributed by atoms with Crippen molar-refractivity contribution in [2.45, 2.75) is 24.7 Å². The number of hydrogen-bond acceptors (Lipinski definition) is 4. The van der Waals surface area contributed by atoms with Crippen molar-refractivity contribution in [2.75, 3.05) is 31.2 Å². The molecule has 1 aliphatic carbocycles. The number of nitrogens with one attached hydrogen (secondary N) is 1. The third kappa shape index (κ3) is 3.49. The largest absolute Gasteiger partial charge is 0.486 e. The Morgan fingerprint density at radius 2 is 1.83 bits per heavy atom. The summed E-state index contributed by atoms with van der Waals surface area (Å²) in [6, 6.07) is 11.9. The van der Waals surface area contributed by atoms with Gasteiger partial charge in [0.2, 0.25) is 11.8 Å².